The summed E-state index contributed by atoms with van der Waals surface area (Å²) in [5.41, 5.74) is 0.321. The van der Waals surface area contributed by atoms with Crippen LogP contribution in [0.4, 0.5) is 0 Å². The van der Waals surface area contributed by atoms with E-state index in [1.165, 1.54) is 0 Å². The fraction of sp³-hybridized carbons (Fsp3) is 0.435. The summed E-state index contributed by atoms with van der Waals surface area (Å²) < 4.78 is 11.1. The lowest BCUT2D eigenvalue weighted by atomic mass is 9.88. The quantitative estimate of drug-likeness (QED) is 0.246. The largest absolute Gasteiger partial charge is 0.394 e. The van der Waals surface area contributed by atoms with E-state index in [2.05, 4.69) is 5.32 Å². The van der Waals surface area contributed by atoms with Crippen LogP contribution in [-0.2, 0) is 9.47 Å². The molecule has 0 unspecified atom stereocenters. The van der Waals surface area contributed by atoms with Crippen molar-refractivity contribution >= 4 is 29.3 Å². The molecule has 0 aromatic heterocycles. The predicted molar refractivity (Wildman–Crippen MR) is 124 cm³/mol. The van der Waals surface area contributed by atoms with Gasteiger partial charge in [-0.3, -0.25) is 4.79 Å². The molecule has 5 atom stereocenters. The average molecular weight is 498 g/mol. The molecule has 3 rings (SSSR count). The highest BCUT2D eigenvalue weighted by molar-refractivity contribution is 7.99. The van der Waals surface area contributed by atoms with Gasteiger partial charge in [0.2, 0.25) is 0 Å². The first-order chi connectivity index (χ1) is 15.8. The van der Waals surface area contributed by atoms with Gasteiger partial charge < -0.3 is 35.2 Å². The molecule has 180 valence electrons. The Morgan fingerprint density at radius 3 is 2.45 bits per heavy atom. The number of amides is 1. The lowest BCUT2D eigenvalue weighted by Crippen LogP contribution is -2.70. The number of benzene rings is 2. The van der Waals surface area contributed by atoms with Crippen LogP contribution < -0.4 is 5.32 Å². The van der Waals surface area contributed by atoms with Gasteiger partial charge in [-0.2, -0.15) is 0 Å². The van der Waals surface area contributed by atoms with Crippen LogP contribution in [0.1, 0.15) is 16.8 Å². The smallest absolute Gasteiger partial charge is 0.251 e. The highest BCUT2D eigenvalue weighted by atomic mass is 35.5. The second kappa shape index (κ2) is 12.1. The molecule has 2 aromatic carbocycles. The molecule has 1 aliphatic rings. The van der Waals surface area contributed by atoms with Gasteiger partial charge in [-0.25, -0.2) is 0 Å². The van der Waals surface area contributed by atoms with Gasteiger partial charge in [0.25, 0.3) is 5.91 Å². The van der Waals surface area contributed by atoms with Crippen molar-refractivity contribution in [3.8, 4) is 0 Å². The van der Waals surface area contributed by atoms with E-state index in [9.17, 15) is 25.2 Å². The van der Waals surface area contributed by atoms with Crippen molar-refractivity contribution in [3.05, 3.63) is 65.2 Å². The standard InChI is InChI=1S/C23H28ClNO7S/c24-16-6-8-17(9-7-16)33-13-12-31-11-10-23(30)21(20(28)19(27)18(14-26)32-23)25-22(29)15-4-2-1-3-5-15/h1-9,18-21,26-28,30H,10-14H2,(H,25,29)/t18-,19-,20+,21-,23-/m1/s1. The molecular weight excluding hydrogens is 470 g/mol. The number of hydrogen-bond donors (Lipinski definition) is 5. The van der Waals surface area contributed by atoms with Crippen molar-refractivity contribution in [1.82, 2.24) is 5.32 Å². The van der Waals surface area contributed by atoms with E-state index in [0.29, 0.717) is 22.9 Å². The van der Waals surface area contributed by atoms with Crippen molar-refractivity contribution in [1.29, 1.82) is 0 Å². The number of carbonyl (C=O) groups is 1. The Kier molecular flexibility index (Phi) is 9.54. The Hall–Kier alpha value is -1.69. The first-order valence-corrected chi connectivity index (χ1v) is 11.9. The van der Waals surface area contributed by atoms with Gasteiger partial charge in [-0.05, 0) is 36.4 Å². The van der Waals surface area contributed by atoms with Gasteiger partial charge in [0, 0.05) is 27.7 Å². The van der Waals surface area contributed by atoms with E-state index < -0.39 is 42.7 Å². The van der Waals surface area contributed by atoms with Crippen LogP contribution >= 0.6 is 23.4 Å². The molecule has 5 N–H and O–H groups in total. The van der Waals surface area contributed by atoms with Crippen molar-refractivity contribution in [2.24, 2.45) is 0 Å². The molecule has 1 amide bonds. The number of hydrogen-bond acceptors (Lipinski definition) is 8. The van der Waals surface area contributed by atoms with Crippen LogP contribution in [0, 0.1) is 0 Å². The van der Waals surface area contributed by atoms with E-state index in [1.807, 2.05) is 24.3 Å². The third-order valence-electron chi connectivity index (χ3n) is 5.33. The van der Waals surface area contributed by atoms with E-state index >= 15 is 0 Å². The number of halogens is 1. The minimum atomic E-state index is -2.06. The molecule has 1 heterocycles. The number of ether oxygens (including phenoxy) is 2. The third kappa shape index (κ3) is 6.91. The Morgan fingerprint density at radius 1 is 1.09 bits per heavy atom. The summed E-state index contributed by atoms with van der Waals surface area (Å²) in [5.74, 6) is -1.94. The molecule has 33 heavy (non-hydrogen) atoms. The topological polar surface area (TPSA) is 128 Å². The van der Waals surface area contributed by atoms with Crippen molar-refractivity contribution < 1.29 is 34.7 Å². The van der Waals surface area contributed by atoms with Crippen LogP contribution in [0.25, 0.3) is 0 Å². The summed E-state index contributed by atoms with van der Waals surface area (Å²) in [6.07, 6.45) is -4.36. The summed E-state index contributed by atoms with van der Waals surface area (Å²) >= 11 is 7.46. The number of carbonyl (C=O) groups excluding carboxylic acids is 1. The number of aliphatic hydroxyl groups excluding tert-OH is 3. The van der Waals surface area contributed by atoms with Gasteiger partial charge >= 0.3 is 0 Å². The predicted octanol–water partition coefficient (Wildman–Crippen LogP) is 1.44. The van der Waals surface area contributed by atoms with Crippen LogP contribution in [0.15, 0.2) is 59.5 Å². The number of aliphatic hydroxyl groups is 4. The zero-order chi connectivity index (χ0) is 23.8. The minimum Gasteiger partial charge on any atom is -0.394 e. The van der Waals surface area contributed by atoms with E-state index in [4.69, 9.17) is 21.1 Å². The molecule has 0 radical (unpaired) electrons. The summed E-state index contributed by atoms with van der Waals surface area (Å²) in [6, 6.07) is 14.4. The number of nitrogens with one attached hydrogen (secondary N) is 1. The summed E-state index contributed by atoms with van der Waals surface area (Å²) in [4.78, 5) is 13.7. The van der Waals surface area contributed by atoms with Gasteiger partial charge in [-0.15, -0.1) is 11.8 Å². The normalized spacial score (nSPS) is 27.3. The molecule has 8 nitrogen and oxygen atoms in total. The van der Waals surface area contributed by atoms with E-state index in [-0.39, 0.29) is 13.0 Å². The maximum atomic E-state index is 12.6. The van der Waals surface area contributed by atoms with Gasteiger partial charge in [0.15, 0.2) is 5.79 Å². The van der Waals surface area contributed by atoms with Crippen molar-refractivity contribution in [2.45, 2.75) is 41.5 Å². The maximum Gasteiger partial charge on any atom is 0.251 e. The fourth-order valence-corrected chi connectivity index (χ4v) is 4.42. The van der Waals surface area contributed by atoms with Crippen molar-refractivity contribution in [2.75, 3.05) is 25.6 Å². The molecule has 1 fully saturated rings. The molecule has 0 bridgehead atoms. The summed E-state index contributed by atoms with van der Waals surface area (Å²) in [5, 5.41) is 44.7. The third-order valence-corrected chi connectivity index (χ3v) is 6.56. The van der Waals surface area contributed by atoms with E-state index in [1.54, 1.807) is 42.1 Å². The first kappa shape index (κ1) is 25.9. The molecule has 10 heteroatoms. The highest BCUT2D eigenvalue weighted by Gasteiger charge is 2.53. The average Bonchev–Trinajstić information content (AvgIpc) is 2.83. The maximum absolute atomic E-state index is 12.6. The molecule has 2 aromatic rings. The molecule has 0 aliphatic carbocycles. The minimum absolute atomic E-state index is 0.0658. The van der Waals surface area contributed by atoms with E-state index in [0.717, 1.165) is 4.90 Å². The molecular formula is C23H28ClNO7S. The van der Waals surface area contributed by atoms with Crippen LogP contribution in [0.3, 0.4) is 0 Å². The lowest BCUT2D eigenvalue weighted by Gasteiger charge is -2.47. The molecule has 0 spiro atoms. The summed E-state index contributed by atoms with van der Waals surface area (Å²) in [7, 11) is 0. The zero-order valence-corrected chi connectivity index (χ0v) is 19.4. The van der Waals surface area contributed by atoms with Crippen LogP contribution in [0.5, 0.6) is 0 Å². The fourth-order valence-electron chi connectivity index (χ4n) is 3.53. The Labute approximate surface area is 201 Å². The zero-order valence-electron chi connectivity index (χ0n) is 17.8. The summed E-state index contributed by atoms with van der Waals surface area (Å²) in [6.45, 7) is -0.159. The van der Waals surface area contributed by atoms with Gasteiger partial charge in [-0.1, -0.05) is 29.8 Å². The van der Waals surface area contributed by atoms with Crippen LogP contribution in [-0.4, -0.2) is 82.0 Å². The SMILES string of the molecule is O=C(N[C@@H]1[C@@H](O)[C@H](O)[C@@H](CO)O[C@]1(O)CCOCCSc1ccc(Cl)cc1)c1ccccc1. The Balaban J connectivity index is 1.57. The van der Waals surface area contributed by atoms with Crippen molar-refractivity contribution in [3.63, 3.8) is 0 Å². The lowest BCUT2D eigenvalue weighted by molar-refractivity contribution is -0.322. The molecule has 0 saturated carbocycles. The second-order valence-electron chi connectivity index (χ2n) is 7.65. The van der Waals surface area contributed by atoms with Gasteiger partial charge in [0.05, 0.1) is 19.8 Å². The first-order valence-electron chi connectivity index (χ1n) is 10.5. The Bertz CT molecular complexity index is 888. The monoisotopic (exact) mass is 497 g/mol. The highest BCUT2D eigenvalue weighted by Crippen LogP contribution is 2.31. The molecule has 1 aliphatic heterocycles. The van der Waals surface area contributed by atoms with Crippen LogP contribution in [0.2, 0.25) is 5.02 Å². The van der Waals surface area contributed by atoms with Gasteiger partial charge in [0.1, 0.15) is 24.4 Å². The second-order valence-corrected chi connectivity index (χ2v) is 9.25. The Morgan fingerprint density at radius 2 is 1.79 bits per heavy atom. The number of rotatable bonds is 10. The molecule has 1 saturated heterocycles. The number of thioether (sulfide) groups is 1.